The molecule has 2 heterocycles. The predicted molar refractivity (Wildman–Crippen MR) is 116 cm³/mol. The maximum Gasteiger partial charge on any atom is 0.280 e. The fraction of sp³-hybridized carbons (Fsp3) is 0.417. The Morgan fingerprint density at radius 2 is 1.81 bits per heavy atom. The summed E-state index contributed by atoms with van der Waals surface area (Å²) in [6.45, 7) is 7.27. The van der Waals surface area contributed by atoms with Gasteiger partial charge in [0, 0.05) is 18.8 Å². The molecule has 0 aromatic heterocycles. The highest BCUT2D eigenvalue weighted by atomic mass is 19.1. The van der Waals surface area contributed by atoms with Gasteiger partial charge in [0.05, 0.1) is 0 Å². The number of piperazine rings is 1. The minimum absolute atomic E-state index is 0.0760. The van der Waals surface area contributed by atoms with Crippen molar-refractivity contribution in [3.63, 3.8) is 0 Å². The Labute approximate surface area is 182 Å². The summed E-state index contributed by atoms with van der Waals surface area (Å²) in [5.74, 6) is -0.254. The number of hydrogen-bond acceptors (Lipinski definition) is 2. The van der Waals surface area contributed by atoms with Crippen LogP contribution in [-0.2, 0) is 22.6 Å². The average Bonchev–Trinajstić information content (AvgIpc) is 2.78. The zero-order chi connectivity index (χ0) is 21.8. The number of anilines is 1. The molecule has 4 rings (SSSR count). The standard InChI is InChI=1S/C24H29FN4O2/c1-18(24(31)29-10-9-19-5-2-3-6-20(19)16-29)28-13-11-27(12-14-28)17-23(30)26-22-8-4-7-21(25)15-22/h2-8,15,18H,9-14,16-17H2,1H3,(H,26,30)/p+2/t18-/m0/s1. The van der Waals surface area contributed by atoms with E-state index in [9.17, 15) is 14.0 Å². The molecule has 1 atom stereocenters. The minimum atomic E-state index is -0.363. The van der Waals surface area contributed by atoms with Crippen molar-refractivity contribution in [2.45, 2.75) is 25.9 Å². The fourth-order valence-electron chi connectivity index (χ4n) is 4.67. The normalized spacial score (nSPS) is 21.8. The second-order valence-electron chi connectivity index (χ2n) is 8.64. The molecule has 2 aromatic carbocycles. The number of benzene rings is 2. The molecule has 1 fully saturated rings. The molecule has 2 aromatic rings. The molecule has 7 heteroatoms. The van der Waals surface area contributed by atoms with Gasteiger partial charge in [0.25, 0.3) is 11.8 Å². The molecule has 2 amide bonds. The van der Waals surface area contributed by atoms with Gasteiger partial charge in [-0.15, -0.1) is 0 Å². The molecule has 164 valence electrons. The number of halogens is 1. The van der Waals surface area contributed by atoms with E-state index >= 15 is 0 Å². The minimum Gasteiger partial charge on any atom is -0.333 e. The lowest BCUT2D eigenvalue weighted by atomic mass is 9.99. The van der Waals surface area contributed by atoms with Crippen molar-refractivity contribution in [2.75, 3.05) is 44.6 Å². The number of carbonyl (C=O) groups is 2. The summed E-state index contributed by atoms with van der Waals surface area (Å²) in [6, 6.07) is 14.2. The Kier molecular flexibility index (Phi) is 6.63. The Morgan fingerprint density at radius 1 is 1.06 bits per heavy atom. The topological polar surface area (TPSA) is 58.3 Å². The molecule has 2 aliphatic rings. The third-order valence-corrected chi connectivity index (χ3v) is 6.54. The van der Waals surface area contributed by atoms with Crippen LogP contribution in [0, 0.1) is 5.82 Å². The van der Waals surface area contributed by atoms with E-state index in [1.165, 1.54) is 33.1 Å². The first-order chi connectivity index (χ1) is 15.0. The number of rotatable bonds is 5. The highest BCUT2D eigenvalue weighted by molar-refractivity contribution is 5.91. The van der Waals surface area contributed by atoms with Crippen LogP contribution in [0.1, 0.15) is 18.1 Å². The summed E-state index contributed by atoms with van der Waals surface area (Å²) < 4.78 is 13.3. The number of nitrogens with zero attached hydrogens (tertiary/aromatic N) is 1. The molecule has 0 saturated carbocycles. The van der Waals surface area contributed by atoms with E-state index in [-0.39, 0.29) is 23.7 Å². The smallest absolute Gasteiger partial charge is 0.280 e. The van der Waals surface area contributed by atoms with E-state index in [4.69, 9.17) is 0 Å². The number of nitrogens with one attached hydrogen (secondary N) is 3. The van der Waals surface area contributed by atoms with Crippen LogP contribution in [0.5, 0.6) is 0 Å². The monoisotopic (exact) mass is 426 g/mol. The maximum atomic E-state index is 13.3. The van der Waals surface area contributed by atoms with Crippen molar-refractivity contribution < 1.29 is 23.8 Å². The molecule has 6 nitrogen and oxygen atoms in total. The van der Waals surface area contributed by atoms with Gasteiger partial charge in [0.15, 0.2) is 12.6 Å². The van der Waals surface area contributed by atoms with Crippen molar-refractivity contribution in [3.05, 3.63) is 65.5 Å². The molecule has 0 unspecified atom stereocenters. The van der Waals surface area contributed by atoms with Crippen molar-refractivity contribution in [1.82, 2.24) is 4.90 Å². The Balaban J connectivity index is 1.24. The number of hydrogen-bond donors (Lipinski definition) is 3. The zero-order valence-electron chi connectivity index (χ0n) is 18.0. The van der Waals surface area contributed by atoms with Gasteiger partial charge in [0.2, 0.25) is 0 Å². The Hall–Kier alpha value is -2.77. The molecule has 0 spiro atoms. The van der Waals surface area contributed by atoms with Gasteiger partial charge in [-0.1, -0.05) is 30.3 Å². The van der Waals surface area contributed by atoms with Crippen molar-refractivity contribution in [3.8, 4) is 0 Å². The van der Waals surface area contributed by atoms with E-state index in [2.05, 4.69) is 23.5 Å². The molecule has 3 N–H and O–H groups in total. The molecule has 1 saturated heterocycles. The van der Waals surface area contributed by atoms with E-state index < -0.39 is 0 Å². The number of amides is 2. The molecule has 31 heavy (non-hydrogen) atoms. The van der Waals surface area contributed by atoms with Crippen LogP contribution in [0.15, 0.2) is 48.5 Å². The van der Waals surface area contributed by atoms with E-state index in [0.717, 1.165) is 39.1 Å². The SMILES string of the molecule is C[C@@H](C(=O)N1CCc2ccccc2C1)[NH+]1CC[NH+](CC(=O)Nc2cccc(F)c2)CC1. The van der Waals surface area contributed by atoms with Crippen molar-refractivity contribution in [2.24, 2.45) is 0 Å². The largest absolute Gasteiger partial charge is 0.333 e. The third kappa shape index (κ3) is 5.29. The van der Waals surface area contributed by atoms with E-state index in [0.29, 0.717) is 18.8 Å². The number of carbonyl (C=O) groups excluding carboxylic acids is 2. The van der Waals surface area contributed by atoms with Gasteiger partial charge in [-0.25, -0.2) is 4.39 Å². The zero-order valence-corrected chi connectivity index (χ0v) is 18.0. The summed E-state index contributed by atoms with van der Waals surface area (Å²) in [5, 5.41) is 2.77. The maximum absolute atomic E-state index is 13.3. The summed E-state index contributed by atoms with van der Waals surface area (Å²) in [4.78, 5) is 29.9. The van der Waals surface area contributed by atoms with Gasteiger partial charge < -0.3 is 20.0 Å². The molecule has 0 radical (unpaired) electrons. The quantitative estimate of drug-likeness (QED) is 0.605. The van der Waals surface area contributed by atoms with Crippen LogP contribution in [0.4, 0.5) is 10.1 Å². The summed E-state index contributed by atoms with van der Waals surface area (Å²) in [7, 11) is 0. The number of fused-ring (bicyclic) bond motifs is 1. The molecule has 2 aliphatic heterocycles. The average molecular weight is 427 g/mol. The lowest BCUT2D eigenvalue weighted by Crippen LogP contribution is -3.30. The summed E-state index contributed by atoms with van der Waals surface area (Å²) in [5.41, 5.74) is 3.08. The second-order valence-corrected chi connectivity index (χ2v) is 8.64. The fourth-order valence-corrected chi connectivity index (χ4v) is 4.67. The van der Waals surface area contributed by atoms with Gasteiger partial charge in [0.1, 0.15) is 32.0 Å². The van der Waals surface area contributed by atoms with Crippen molar-refractivity contribution >= 4 is 17.5 Å². The first kappa shape index (κ1) is 21.5. The lowest BCUT2D eigenvalue weighted by Gasteiger charge is -2.36. The van der Waals surface area contributed by atoms with Gasteiger partial charge in [-0.3, -0.25) is 9.59 Å². The lowest BCUT2D eigenvalue weighted by molar-refractivity contribution is -1.01. The third-order valence-electron chi connectivity index (χ3n) is 6.54. The molecular weight excluding hydrogens is 395 g/mol. The summed E-state index contributed by atoms with van der Waals surface area (Å²) in [6.07, 6.45) is 0.919. The summed E-state index contributed by atoms with van der Waals surface area (Å²) >= 11 is 0. The second kappa shape index (κ2) is 9.58. The molecule has 0 bridgehead atoms. The van der Waals surface area contributed by atoms with Crippen LogP contribution in [0.25, 0.3) is 0 Å². The predicted octanol–water partition coefficient (Wildman–Crippen LogP) is -0.479. The molecule has 0 aliphatic carbocycles. The first-order valence-electron chi connectivity index (χ1n) is 11.1. The van der Waals surface area contributed by atoms with Crippen molar-refractivity contribution in [1.29, 1.82) is 0 Å². The van der Waals surface area contributed by atoms with Crippen LogP contribution >= 0.6 is 0 Å². The van der Waals surface area contributed by atoms with Crippen LogP contribution in [0.3, 0.4) is 0 Å². The van der Waals surface area contributed by atoms with Gasteiger partial charge in [-0.2, -0.15) is 0 Å². The highest BCUT2D eigenvalue weighted by Gasteiger charge is 2.35. The van der Waals surface area contributed by atoms with Crippen LogP contribution in [-0.4, -0.2) is 62.0 Å². The van der Waals surface area contributed by atoms with E-state index in [1.54, 1.807) is 12.1 Å². The number of quaternary nitrogens is 2. The van der Waals surface area contributed by atoms with Gasteiger partial charge >= 0.3 is 0 Å². The highest BCUT2D eigenvalue weighted by Crippen LogP contribution is 2.18. The van der Waals surface area contributed by atoms with Gasteiger partial charge in [-0.05, 0) is 42.7 Å². The first-order valence-corrected chi connectivity index (χ1v) is 11.1. The molecular formula is C24H31FN4O2+2. The Bertz CT molecular complexity index is 943. The van der Waals surface area contributed by atoms with Crippen LogP contribution in [0.2, 0.25) is 0 Å². The van der Waals surface area contributed by atoms with Crippen LogP contribution < -0.4 is 15.1 Å². The Morgan fingerprint density at radius 3 is 2.55 bits per heavy atom. The van der Waals surface area contributed by atoms with E-state index in [1.807, 2.05) is 17.9 Å².